The minimum absolute atomic E-state index is 0.307. The number of esters is 3. The zero-order chi connectivity index (χ0) is 26.6. The van der Waals surface area contributed by atoms with Crippen LogP contribution in [0.3, 0.4) is 0 Å². The summed E-state index contributed by atoms with van der Waals surface area (Å²) in [6.45, 7) is 5.89. The Balaban J connectivity index is 1.42. The molecular weight excluding hydrogens is 476 g/mol. The third-order valence-electron chi connectivity index (χ3n) is 5.05. The molecule has 0 atom stereocenters. The van der Waals surface area contributed by atoms with Gasteiger partial charge in [-0.05, 0) is 92.6 Å². The Morgan fingerprint density at radius 3 is 1.54 bits per heavy atom. The summed E-state index contributed by atoms with van der Waals surface area (Å²) in [5, 5.41) is 0. The van der Waals surface area contributed by atoms with Crippen LogP contribution in [-0.2, 0) is 9.53 Å². The second kappa shape index (κ2) is 13.5. The van der Waals surface area contributed by atoms with Gasteiger partial charge < -0.3 is 23.7 Å². The van der Waals surface area contributed by atoms with Gasteiger partial charge >= 0.3 is 17.9 Å². The molecule has 0 bridgehead atoms. The van der Waals surface area contributed by atoms with E-state index in [0.29, 0.717) is 65.8 Å². The van der Waals surface area contributed by atoms with Gasteiger partial charge in [-0.1, -0.05) is 6.58 Å². The topological polar surface area (TPSA) is 97.4 Å². The molecule has 0 saturated heterocycles. The highest BCUT2D eigenvalue weighted by Crippen LogP contribution is 2.21. The summed E-state index contributed by atoms with van der Waals surface area (Å²) in [6.07, 6.45) is 1.38. The summed E-state index contributed by atoms with van der Waals surface area (Å²) < 4.78 is 26.5. The maximum Gasteiger partial charge on any atom is 0.343 e. The first-order chi connectivity index (χ1) is 17.9. The minimum Gasteiger partial charge on any atom is -0.497 e. The molecule has 0 N–H and O–H groups in total. The standard InChI is InChI=1S/C29H28O8/c1-20(2)27(30)35-19-5-4-18-34-24-12-8-22(9-13-24)29(32)37-26-16-14-25(15-17-26)36-28(31)21-6-10-23(33-3)11-7-21/h6-17H,1,4-5,18-19H2,2-3H3. The molecule has 0 amide bonds. The van der Waals surface area contributed by atoms with Gasteiger partial charge in [0, 0.05) is 5.57 Å². The Morgan fingerprint density at radius 1 is 0.649 bits per heavy atom. The van der Waals surface area contributed by atoms with Crippen LogP contribution in [0, 0.1) is 0 Å². The summed E-state index contributed by atoms with van der Waals surface area (Å²) in [4.78, 5) is 36.0. The largest absolute Gasteiger partial charge is 0.497 e. The van der Waals surface area contributed by atoms with E-state index in [4.69, 9.17) is 23.7 Å². The zero-order valence-corrected chi connectivity index (χ0v) is 20.7. The molecule has 0 heterocycles. The van der Waals surface area contributed by atoms with Crippen molar-refractivity contribution in [2.24, 2.45) is 0 Å². The number of carbonyl (C=O) groups is 3. The molecule has 3 aromatic carbocycles. The van der Waals surface area contributed by atoms with E-state index in [2.05, 4.69) is 6.58 Å². The molecule has 0 unspecified atom stereocenters. The molecule has 8 heteroatoms. The molecule has 8 nitrogen and oxygen atoms in total. The van der Waals surface area contributed by atoms with Crippen LogP contribution in [0.25, 0.3) is 0 Å². The molecule has 0 aliphatic rings. The first kappa shape index (κ1) is 27.0. The highest BCUT2D eigenvalue weighted by molar-refractivity contribution is 5.92. The van der Waals surface area contributed by atoms with E-state index in [9.17, 15) is 14.4 Å². The van der Waals surface area contributed by atoms with Gasteiger partial charge in [0.25, 0.3) is 0 Å². The van der Waals surface area contributed by atoms with Crippen LogP contribution < -0.4 is 18.9 Å². The van der Waals surface area contributed by atoms with E-state index < -0.39 is 17.9 Å². The molecule has 3 aromatic rings. The van der Waals surface area contributed by atoms with E-state index in [-0.39, 0.29) is 0 Å². The molecule has 37 heavy (non-hydrogen) atoms. The average molecular weight is 505 g/mol. The van der Waals surface area contributed by atoms with E-state index in [1.807, 2.05) is 0 Å². The Morgan fingerprint density at radius 2 is 1.08 bits per heavy atom. The number of hydrogen-bond donors (Lipinski definition) is 0. The van der Waals surface area contributed by atoms with E-state index in [1.165, 1.54) is 0 Å². The minimum atomic E-state index is -0.533. The monoisotopic (exact) mass is 504 g/mol. The lowest BCUT2D eigenvalue weighted by Gasteiger charge is -2.09. The van der Waals surface area contributed by atoms with Crippen molar-refractivity contribution in [3.8, 4) is 23.0 Å². The fourth-order valence-corrected chi connectivity index (χ4v) is 3.00. The molecule has 0 aliphatic heterocycles. The van der Waals surface area contributed by atoms with Crippen molar-refractivity contribution >= 4 is 17.9 Å². The first-order valence-electron chi connectivity index (χ1n) is 11.6. The third-order valence-corrected chi connectivity index (χ3v) is 5.05. The fourth-order valence-electron chi connectivity index (χ4n) is 3.00. The van der Waals surface area contributed by atoms with Crippen molar-refractivity contribution in [3.05, 3.63) is 96.1 Å². The second-order valence-corrected chi connectivity index (χ2v) is 7.98. The van der Waals surface area contributed by atoms with Gasteiger partial charge in [-0.15, -0.1) is 0 Å². The maximum atomic E-state index is 12.5. The molecule has 0 radical (unpaired) electrons. The summed E-state index contributed by atoms with van der Waals surface area (Å²) in [5.41, 5.74) is 1.11. The maximum absolute atomic E-state index is 12.5. The number of rotatable bonds is 12. The molecule has 0 aliphatic carbocycles. The molecule has 0 spiro atoms. The van der Waals surface area contributed by atoms with Crippen LogP contribution in [0.2, 0.25) is 0 Å². The fraction of sp³-hybridized carbons (Fsp3) is 0.207. The quantitative estimate of drug-likeness (QED) is 0.140. The first-order valence-corrected chi connectivity index (χ1v) is 11.6. The normalized spacial score (nSPS) is 10.2. The Labute approximate surface area is 215 Å². The number of unbranched alkanes of at least 4 members (excludes halogenated alkanes) is 1. The Kier molecular flexibility index (Phi) is 9.84. The third kappa shape index (κ3) is 8.54. The van der Waals surface area contributed by atoms with E-state index >= 15 is 0 Å². The van der Waals surface area contributed by atoms with Gasteiger partial charge in [0.15, 0.2) is 0 Å². The molecule has 0 saturated carbocycles. The van der Waals surface area contributed by atoms with Gasteiger partial charge in [0.1, 0.15) is 23.0 Å². The highest BCUT2D eigenvalue weighted by Gasteiger charge is 2.11. The van der Waals surface area contributed by atoms with E-state index in [1.54, 1.807) is 86.8 Å². The predicted octanol–water partition coefficient (Wildman–Crippen LogP) is 5.41. The number of hydrogen-bond acceptors (Lipinski definition) is 8. The van der Waals surface area contributed by atoms with Crippen LogP contribution >= 0.6 is 0 Å². The van der Waals surface area contributed by atoms with Gasteiger partial charge in [-0.2, -0.15) is 0 Å². The number of carbonyl (C=O) groups excluding carboxylic acids is 3. The van der Waals surface area contributed by atoms with Crippen molar-refractivity contribution < 1.29 is 38.1 Å². The van der Waals surface area contributed by atoms with Crippen LogP contribution in [-0.4, -0.2) is 38.2 Å². The lowest BCUT2D eigenvalue weighted by molar-refractivity contribution is -0.139. The number of ether oxygens (including phenoxy) is 5. The van der Waals surface area contributed by atoms with Crippen molar-refractivity contribution in [2.75, 3.05) is 20.3 Å². The second-order valence-electron chi connectivity index (χ2n) is 7.98. The van der Waals surface area contributed by atoms with Gasteiger partial charge in [-0.3, -0.25) is 0 Å². The van der Waals surface area contributed by atoms with Crippen LogP contribution in [0.1, 0.15) is 40.5 Å². The van der Waals surface area contributed by atoms with Gasteiger partial charge in [0.05, 0.1) is 31.5 Å². The van der Waals surface area contributed by atoms with Gasteiger partial charge in [0.2, 0.25) is 0 Å². The Bertz CT molecular complexity index is 1210. The van der Waals surface area contributed by atoms with Crippen molar-refractivity contribution in [1.82, 2.24) is 0 Å². The molecule has 192 valence electrons. The van der Waals surface area contributed by atoms with E-state index in [0.717, 1.165) is 0 Å². The van der Waals surface area contributed by atoms with Crippen LogP contribution in [0.4, 0.5) is 0 Å². The molecule has 3 rings (SSSR count). The molecular formula is C29H28O8. The number of benzene rings is 3. The zero-order valence-electron chi connectivity index (χ0n) is 20.7. The summed E-state index contributed by atoms with van der Waals surface area (Å²) in [6, 6.07) is 19.3. The number of methoxy groups -OCH3 is 1. The predicted molar refractivity (Wildman–Crippen MR) is 136 cm³/mol. The SMILES string of the molecule is C=C(C)C(=O)OCCCCOc1ccc(C(=O)Oc2ccc(OC(=O)c3ccc(OC)cc3)cc2)cc1. The summed E-state index contributed by atoms with van der Waals surface area (Å²) >= 11 is 0. The lowest BCUT2D eigenvalue weighted by atomic mass is 10.2. The van der Waals surface area contributed by atoms with Crippen molar-refractivity contribution in [2.45, 2.75) is 19.8 Å². The smallest absolute Gasteiger partial charge is 0.343 e. The average Bonchev–Trinajstić information content (AvgIpc) is 2.91. The Hall–Kier alpha value is -4.59. The van der Waals surface area contributed by atoms with Crippen LogP contribution in [0.15, 0.2) is 84.9 Å². The van der Waals surface area contributed by atoms with Crippen LogP contribution in [0.5, 0.6) is 23.0 Å². The van der Waals surface area contributed by atoms with Gasteiger partial charge in [-0.25, -0.2) is 14.4 Å². The lowest BCUT2D eigenvalue weighted by Crippen LogP contribution is -2.10. The summed E-state index contributed by atoms with van der Waals surface area (Å²) in [7, 11) is 1.55. The highest BCUT2D eigenvalue weighted by atomic mass is 16.5. The molecule has 0 aromatic heterocycles. The van der Waals surface area contributed by atoms with Crippen molar-refractivity contribution in [3.63, 3.8) is 0 Å². The van der Waals surface area contributed by atoms with Crippen molar-refractivity contribution in [1.29, 1.82) is 0 Å². The molecule has 0 fully saturated rings. The summed E-state index contributed by atoms with van der Waals surface area (Å²) in [5.74, 6) is 0.430.